The van der Waals surface area contributed by atoms with Crippen LogP contribution in [0.2, 0.25) is 19.6 Å². The Morgan fingerprint density at radius 3 is 2.14 bits per heavy atom. The van der Waals surface area contributed by atoms with Gasteiger partial charge in [-0.05, 0) is 61.2 Å². The van der Waals surface area contributed by atoms with Gasteiger partial charge in [-0.25, -0.2) is 0 Å². The first-order valence-electron chi connectivity index (χ1n) is 15.0. The molecule has 0 saturated carbocycles. The van der Waals surface area contributed by atoms with E-state index in [1.807, 2.05) is 42.7 Å². The molecule has 44 heavy (non-hydrogen) atoms. The van der Waals surface area contributed by atoms with Crippen LogP contribution in [0.1, 0.15) is 43.0 Å². The molecule has 0 atom stereocenters. The van der Waals surface area contributed by atoms with Crippen molar-refractivity contribution in [2.24, 2.45) is 5.41 Å². The van der Waals surface area contributed by atoms with E-state index >= 15 is 0 Å². The van der Waals surface area contributed by atoms with Gasteiger partial charge in [0.15, 0.2) is 0 Å². The Balaban J connectivity index is 0.000000248. The molecule has 3 heterocycles. The van der Waals surface area contributed by atoms with Crippen molar-refractivity contribution in [2.75, 3.05) is 0 Å². The van der Waals surface area contributed by atoms with Crippen LogP contribution in [0.25, 0.3) is 44.5 Å². The summed E-state index contributed by atoms with van der Waals surface area (Å²) in [5.41, 5.74) is 11.1. The average Bonchev–Trinajstić information content (AvgIpc) is 3.34. The molecule has 6 aromatic rings. The molecule has 0 aliphatic heterocycles. The zero-order valence-corrected chi connectivity index (χ0v) is 30.7. The van der Waals surface area contributed by atoms with E-state index in [0.717, 1.165) is 40.1 Å². The molecule has 5 heteroatoms. The Morgan fingerprint density at radius 1 is 0.795 bits per heavy atom. The smallest absolute Gasteiger partial charge is 0.120 e. The number of aromatic nitrogens is 2. The maximum atomic E-state index is 6.40. The van der Waals surface area contributed by atoms with Crippen LogP contribution in [0.4, 0.5) is 0 Å². The molecule has 3 aromatic heterocycles. The third kappa shape index (κ3) is 7.46. The fraction of sp³-hybridized carbons (Fsp3) is 0.282. The number of para-hydroxylation sites is 1. The molecule has 0 saturated heterocycles. The second kappa shape index (κ2) is 13.3. The fourth-order valence-corrected chi connectivity index (χ4v) is 6.84. The van der Waals surface area contributed by atoms with Gasteiger partial charge in [0.05, 0.1) is 5.58 Å². The monoisotopic (exact) mass is 775 g/mol. The van der Waals surface area contributed by atoms with Gasteiger partial charge in [-0.2, -0.15) is 0 Å². The summed E-state index contributed by atoms with van der Waals surface area (Å²) in [6, 6.07) is 29.5. The van der Waals surface area contributed by atoms with Gasteiger partial charge in [-0.15, -0.1) is 53.2 Å². The summed E-state index contributed by atoms with van der Waals surface area (Å²) in [6.45, 7) is 20.3. The minimum atomic E-state index is -1.57. The van der Waals surface area contributed by atoms with Crippen LogP contribution in [-0.4, -0.2) is 18.0 Å². The fourth-order valence-electron chi connectivity index (χ4n) is 5.34. The number of nitrogens with zero attached hydrogens (tertiary/aromatic N) is 2. The van der Waals surface area contributed by atoms with Crippen LogP contribution in [0.3, 0.4) is 0 Å². The van der Waals surface area contributed by atoms with Gasteiger partial charge in [0.25, 0.3) is 0 Å². The zero-order valence-electron chi connectivity index (χ0n) is 27.3. The zero-order chi connectivity index (χ0) is 30.9. The van der Waals surface area contributed by atoms with Gasteiger partial charge in [0.2, 0.25) is 0 Å². The van der Waals surface area contributed by atoms with Gasteiger partial charge in [0, 0.05) is 46.0 Å². The van der Waals surface area contributed by atoms with E-state index in [1.54, 1.807) is 0 Å². The number of rotatable bonds is 4. The third-order valence-corrected chi connectivity index (χ3v) is 9.82. The normalized spacial score (nSPS) is 11.7. The first-order chi connectivity index (χ1) is 20.3. The number of fused-ring (bicyclic) bond motifs is 3. The van der Waals surface area contributed by atoms with Crippen LogP contribution >= 0.6 is 0 Å². The van der Waals surface area contributed by atoms with Crippen molar-refractivity contribution >= 4 is 35.2 Å². The third-order valence-electron chi connectivity index (χ3n) is 7.81. The average molecular weight is 775 g/mol. The number of pyridine rings is 2. The summed E-state index contributed by atoms with van der Waals surface area (Å²) >= 11 is 0. The minimum Gasteiger partial charge on any atom is -0.501 e. The SMILES string of the molecule is Cc1cnc(-c2[c-]cc([Si](C)(C)C)c3c2oc2ccccc23)cc1CC(C)(C)C.Cc1cnc(-c2[c-]cccc2)cc1C.[Ir]. The second-order valence-electron chi connectivity index (χ2n) is 13.8. The standard InChI is InChI=1S/C26H30NOSi.C13H12N.Ir/c1-17-16-27-21(14-18(17)15-26(2,3)4)19-12-13-23(29(5,6)7)24-20-10-8-9-11-22(20)28-25(19)24;1-10-8-13(14-9-11(10)2)12-6-4-3-5-7-12;/h8-11,13-14,16H,15H2,1-7H3;3-6,8-9H,1-2H3;/q2*-1;. The summed E-state index contributed by atoms with van der Waals surface area (Å²) in [5.74, 6) is 0. The molecule has 0 spiro atoms. The van der Waals surface area contributed by atoms with Crippen molar-refractivity contribution in [1.82, 2.24) is 9.97 Å². The summed E-state index contributed by atoms with van der Waals surface area (Å²) in [4.78, 5) is 9.15. The number of hydrogen-bond acceptors (Lipinski definition) is 3. The molecule has 0 unspecified atom stereocenters. The van der Waals surface area contributed by atoms with Gasteiger partial charge in [-0.1, -0.05) is 92.8 Å². The van der Waals surface area contributed by atoms with Crippen molar-refractivity contribution in [3.05, 3.63) is 114 Å². The molecule has 0 aliphatic rings. The second-order valence-corrected chi connectivity index (χ2v) is 18.8. The van der Waals surface area contributed by atoms with Crippen LogP contribution in [0, 0.1) is 38.3 Å². The molecule has 1 radical (unpaired) electrons. The molecule has 229 valence electrons. The first-order valence-corrected chi connectivity index (χ1v) is 18.5. The van der Waals surface area contributed by atoms with Gasteiger partial charge in [0.1, 0.15) is 5.58 Å². The molecule has 3 aromatic carbocycles. The Labute approximate surface area is 277 Å². The summed E-state index contributed by atoms with van der Waals surface area (Å²) < 4.78 is 6.40. The summed E-state index contributed by atoms with van der Waals surface area (Å²) in [5, 5.41) is 3.83. The molecule has 6 rings (SSSR count). The Bertz CT molecular complexity index is 1900. The topological polar surface area (TPSA) is 38.9 Å². The molecule has 0 bridgehead atoms. The van der Waals surface area contributed by atoms with E-state index in [4.69, 9.17) is 9.40 Å². The molecule has 0 amide bonds. The Morgan fingerprint density at radius 2 is 1.48 bits per heavy atom. The van der Waals surface area contributed by atoms with E-state index in [-0.39, 0.29) is 25.5 Å². The largest absolute Gasteiger partial charge is 0.501 e. The Hall–Kier alpha value is -3.37. The quantitative estimate of drug-likeness (QED) is 0.132. The number of benzene rings is 3. The van der Waals surface area contributed by atoms with Crippen molar-refractivity contribution in [3.8, 4) is 22.5 Å². The molecular weight excluding hydrogens is 733 g/mol. The van der Waals surface area contributed by atoms with Crippen LogP contribution in [-0.2, 0) is 26.5 Å². The number of hydrogen-bond donors (Lipinski definition) is 0. The van der Waals surface area contributed by atoms with Crippen molar-refractivity contribution in [3.63, 3.8) is 0 Å². The van der Waals surface area contributed by atoms with Crippen molar-refractivity contribution in [1.29, 1.82) is 0 Å². The van der Waals surface area contributed by atoms with Crippen molar-refractivity contribution in [2.45, 2.75) is 67.6 Å². The first kappa shape index (κ1) is 33.5. The molecular formula is C39H42IrN2OSi-2. The maximum absolute atomic E-state index is 6.40. The molecule has 0 aliphatic carbocycles. The van der Waals surface area contributed by atoms with Gasteiger partial charge < -0.3 is 14.4 Å². The van der Waals surface area contributed by atoms with E-state index < -0.39 is 8.07 Å². The maximum Gasteiger partial charge on any atom is 0.120 e. The van der Waals surface area contributed by atoms with Gasteiger partial charge in [-0.3, -0.25) is 0 Å². The van der Waals surface area contributed by atoms with E-state index in [0.29, 0.717) is 0 Å². The van der Waals surface area contributed by atoms with E-state index in [9.17, 15) is 0 Å². The molecule has 0 fully saturated rings. The van der Waals surface area contributed by atoms with Crippen LogP contribution in [0.15, 0.2) is 83.5 Å². The summed E-state index contributed by atoms with van der Waals surface area (Å²) in [7, 11) is -1.57. The minimum absolute atomic E-state index is 0. The predicted molar refractivity (Wildman–Crippen MR) is 185 cm³/mol. The van der Waals surface area contributed by atoms with E-state index in [2.05, 4.69) is 115 Å². The molecule has 0 N–H and O–H groups in total. The van der Waals surface area contributed by atoms with Crippen LogP contribution < -0.4 is 5.19 Å². The van der Waals surface area contributed by atoms with Crippen molar-refractivity contribution < 1.29 is 24.5 Å². The van der Waals surface area contributed by atoms with Gasteiger partial charge >= 0.3 is 0 Å². The Kier molecular flexibility index (Phi) is 10.1. The van der Waals surface area contributed by atoms with Crippen LogP contribution in [0.5, 0.6) is 0 Å². The summed E-state index contributed by atoms with van der Waals surface area (Å²) in [6.07, 6.45) is 4.92. The molecule has 3 nitrogen and oxygen atoms in total. The number of aryl methyl sites for hydroxylation is 3. The number of furan rings is 1. The predicted octanol–water partition coefficient (Wildman–Crippen LogP) is 10.1. The van der Waals surface area contributed by atoms with E-state index in [1.165, 1.54) is 38.2 Å².